The highest BCUT2D eigenvalue weighted by Gasteiger charge is 2.25. The van der Waals surface area contributed by atoms with Crippen LogP contribution in [0.5, 0.6) is 5.75 Å². The zero-order chi connectivity index (χ0) is 20.1. The Kier molecular flexibility index (Phi) is 7.44. The number of rotatable bonds is 5. The van der Waals surface area contributed by atoms with Crippen LogP contribution >= 0.6 is 15.9 Å². The van der Waals surface area contributed by atoms with Crippen molar-refractivity contribution in [2.45, 2.75) is 52.7 Å². The molecular formula is C18H25BrFNO5. The van der Waals surface area contributed by atoms with Gasteiger partial charge >= 0.3 is 12.1 Å². The summed E-state index contributed by atoms with van der Waals surface area (Å²) in [5.74, 6) is -1.56. The molecule has 1 aromatic carbocycles. The molecule has 1 N–H and O–H groups in total. The first-order chi connectivity index (χ1) is 11.8. The Bertz CT molecular complexity index is 665. The molecule has 0 fully saturated rings. The molecular weight excluding hydrogens is 409 g/mol. The molecule has 1 rings (SSSR count). The SMILES string of the molecule is CC(C)(C)OC(=O)NCCOc1cc(Br)cc(F)c1C(=O)OC(C)(C)C. The number of ether oxygens (including phenoxy) is 3. The summed E-state index contributed by atoms with van der Waals surface area (Å²) in [7, 11) is 0. The molecule has 0 bridgehead atoms. The fourth-order valence-corrected chi connectivity index (χ4v) is 2.23. The molecule has 0 radical (unpaired) electrons. The molecule has 0 aliphatic heterocycles. The van der Waals surface area contributed by atoms with Crippen LogP contribution in [0.1, 0.15) is 51.9 Å². The number of halogens is 2. The van der Waals surface area contributed by atoms with Crippen molar-refractivity contribution in [2.24, 2.45) is 0 Å². The van der Waals surface area contributed by atoms with Crippen molar-refractivity contribution in [1.29, 1.82) is 0 Å². The van der Waals surface area contributed by atoms with Gasteiger partial charge in [-0.2, -0.15) is 0 Å². The summed E-state index contributed by atoms with van der Waals surface area (Å²) >= 11 is 3.16. The zero-order valence-electron chi connectivity index (χ0n) is 15.9. The van der Waals surface area contributed by atoms with E-state index in [1.54, 1.807) is 41.5 Å². The van der Waals surface area contributed by atoms with E-state index in [1.807, 2.05) is 0 Å². The molecule has 6 nitrogen and oxygen atoms in total. The molecule has 0 aliphatic rings. The van der Waals surface area contributed by atoms with Crippen LogP contribution in [-0.2, 0) is 9.47 Å². The largest absolute Gasteiger partial charge is 0.491 e. The highest BCUT2D eigenvalue weighted by Crippen LogP contribution is 2.29. The topological polar surface area (TPSA) is 73.9 Å². The van der Waals surface area contributed by atoms with E-state index >= 15 is 0 Å². The van der Waals surface area contributed by atoms with Gasteiger partial charge in [0.2, 0.25) is 0 Å². The van der Waals surface area contributed by atoms with Crippen LogP contribution in [0.25, 0.3) is 0 Å². The van der Waals surface area contributed by atoms with E-state index in [0.717, 1.165) is 6.07 Å². The van der Waals surface area contributed by atoms with Gasteiger partial charge in [0.15, 0.2) is 0 Å². The van der Waals surface area contributed by atoms with Crippen LogP contribution in [0.4, 0.5) is 9.18 Å². The summed E-state index contributed by atoms with van der Waals surface area (Å²) in [4.78, 5) is 23.8. The second-order valence-corrected chi connectivity index (χ2v) is 8.46. The third kappa shape index (κ3) is 8.03. The molecule has 0 aliphatic carbocycles. The van der Waals surface area contributed by atoms with Crippen LogP contribution < -0.4 is 10.1 Å². The molecule has 0 unspecified atom stereocenters. The highest BCUT2D eigenvalue weighted by atomic mass is 79.9. The highest BCUT2D eigenvalue weighted by molar-refractivity contribution is 9.10. The van der Waals surface area contributed by atoms with Crippen LogP contribution in [0, 0.1) is 5.82 Å². The number of benzene rings is 1. The summed E-state index contributed by atoms with van der Waals surface area (Å²) in [5.41, 5.74) is -1.67. The second-order valence-electron chi connectivity index (χ2n) is 7.54. The molecule has 0 spiro atoms. The molecule has 1 aromatic rings. The molecule has 0 heterocycles. The van der Waals surface area contributed by atoms with Gasteiger partial charge in [-0.1, -0.05) is 15.9 Å². The Hall–Kier alpha value is -1.83. The predicted molar refractivity (Wildman–Crippen MR) is 99.0 cm³/mol. The first-order valence-corrected chi connectivity index (χ1v) is 8.90. The molecule has 146 valence electrons. The van der Waals surface area contributed by atoms with Crippen molar-refractivity contribution >= 4 is 28.0 Å². The van der Waals surface area contributed by atoms with Gasteiger partial charge < -0.3 is 19.5 Å². The third-order valence-corrected chi connectivity index (χ3v) is 3.11. The molecule has 1 amide bonds. The van der Waals surface area contributed by atoms with Gasteiger partial charge in [0, 0.05) is 4.47 Å². The minimum Gasteiger partial charge on any atom is -0.491 e. The van der Waals surface area contributed by atoms with Crippen molar-refractivity contribution in [3.63, 3.8) is 0 Å². The molecule has 26 heavy (non-hydrogen) atoms. The van der Waals surface area contributed by atoms with E-state index in [9.17, 15) is 14.0 Å². The number of alkyl carbamates (subject to hydrolysis) is 1. The maximum Gasteiger partial charge on any atom is 0.407 e. The molecule has 0 aromatic heterocycles. The number of hydrogen-bond donors (Lipinski definition) is 1. The molecule has 8 heteroatoms. The lowest BCUT2D eigenvalue weighted by Gasteiger charge is -2.21. The van der Waals surface area contributed by atoms with E-state index in [0.29, 0.717) is 4.47 Å². The number of carbonyl (C=O) groups excluding carboxylic acids is 2. The number of hydrogen-bond acceptors (Lipinski definition) is 5. The average Bonchev–Trinajstić information content (AvgIpc) is 2.38. The lowest BCUT2D eigenvalue weighted by atomic mass is 10.1. The summed E-state index contributed by atoms with van der Waals surface area (Å²) < 4.78 is 30.5. The first kappa shape index (κ1) is 22.2. The third-order valence-electron chi connectivity index (χ3n) is 2.65. The Morgan fingerprint density at radius 2 is 1.65 bits per heavy atom. The van der Waals surface area contributed by atoms with E-state index < -0.39 is 29.1 Å². The van der Waals surface area contributed by atoms with Crippen LogP contribution in [0.15, 0.2) is 16.6 Å². The second kappa shape index (κ2) is 8.70. The van der Waals surface area contributed by atoms with Crippen molar-refractivity contribution in [3.8, 4) is 5.75 Å². The van der Waals surface area contributed by atoms with Crippen molar-refractivity contribution in [1.82, 2.24) is 5.32 Å². The van der Waals surface area contributed by atoms with Crippen LogP contribution in [-0.4, -0.2) is 36.4 Å². The van der Waals surface area contributed by atoms with E-state index in [2.05, 4.69) is 21.2 Å². The molecule has 0 saturated carbocycles. The monoisotopic (exact) mass is 433 g/mol. The number of carbonyl (C=O) groups is 2. The number of esters is 1. The Labute approximate surface area is 161 Å². The van der Waals surface area contributed by atoms with E-state index in [1.165, 1.54) is 6.07 Å². The minimum absolute atomic E-state index is 0.0188. The van der Waals surface area contributed by atoms with Gasteiger partial charge in [0.25, 0.3) is 0 Å². The standard InChI is InChI=1S/C18H25BrFNO5/c1-17(2,3)25-15(22)14-12(20)9-11(19)10-13(14)24-8-7-21-16(23)26-18(4,5)6/h9-10H,7-8H2,1-6H3,(H,21,23). The Morgan fingerprint density at radius 1 is 1.08 bits per heavy atom. The summed E-state index contributed by atoms with van der Waals surface area (Å²) in [5, 5.41) is 2.52. The lowest BCUT2D eigenvalue weighted by Crippen LogP contribution is -2.34. The first-order valence-electron chi connectivity index (χ1n) is 8.10. The summed E-state index contributed by atoms with van der Waals surface area (Å²) in [6, 6.07) is 2.63. The normalized spacial score (nSPS) is 11.7. The molecule has 0 atom stereocenters. The van der Waals surface area contributed by atoms with Crippen LogP contribution in [0.2, 0.25) is 0 Å². The van der Waals surface area contributed by atoms with E-state index in [-0.39, 0.29) is 24.5 Å². The fraction of sp³-hybridized carbons (Fsp3) is 0.556. The lowest BCUT2D eigenvalue weighted by molar-refractivity contribution is 0.00599. The minimum atomic E-state index is -0.822. The van der Waals surface area contributed by atoms with Gasteiger partial charge in [-0.3, -0.25) is 0 Å². The zero-order valence-corrected chi connectivity index (χ0v) is 17.5. The molecule has 0 saturated heterocycles. The maximum absolute atomic E-state index is 14.3. The van der Waals surface area contributed by atoms with Crippen molar-refractivity contribution in [3.05, 3.63) is 28.0 Å². The summed E-state index contributed by atoms with van der Waals surface area (Å²) in [6.45, 7) is 10.5. The predicted octanol–water partition coefficient (Wildman–Crippen LogP) is 4.45. The maximum atomic E-state index is 14.3. The van der Waals surface area contributed by atoms with E-state index in [4.69, 9.17) is 14.2 Å². The van der Waals surface area contributed by atoms with Gasteiger partial charge in [-0.25, -0.2) is 14.0 Å². The van der Waals surface area contributed by atoms with Gasteiger partial charge in [-0.15, -0.1) is 0 Å². The van der Waals surface area contributed by atoms with Gasteiger partial charge in [0.05, 0.1) is 6.54 Å². The number of amides is 1. The smallest absolute Gasteiger partial charge is 0.407 e. The quantitative estimate of drug-likeness (QED) is 0.548. The van der Waals surface area contributed by atoms with Gasteiger partial charge in [0.1, 0.15) is 34.9 Å². The average molecular weight is 434 g/mol. The van der Waals surface area contributed by atoms with Gasteiger partial charge in [-0.05, 0) is 53.7 Å². The van der Waals surface area contributed by atoms with Crippen LogP contribution in [0.3, 0.4) is 0 Å². The fourth-order valence-electron chi connectivity index (χ4n) is 1.82. The van der Waals surface area contributed by atoms with Crippen molar-refractivity contribution in [2.75, 3.05) is 13.2 Å². The Morgan fingerprint density at radius 3 is 2.19 bits per heavy atom. The van der Waals surface area contributed by atoms with Crippen molar-refractivity contribution < 1.29 is 28.2 Å². The Balaban J connectivity index is 2.77. The number of nitrogens with one attached hydrogen (secondary N) is 1. The summed E-state index contributed by atoms with van der Waals surface area (Å²) in [6.07, 6.45) is -0.589.